The molecule has 11 heteroatoms. The predicted octanol–water partition coefficient (Wildman–Crippen LogP) is 5.72. The van der Waals surface area contributed by atoms with Crippen molar-refractivity contribution in [3.05, 3.63) is 83.9 Å². The Morgan fingerprint density at radius 1 is 0.677 bits per heavy atom. The average molecular weight is 479 g/mol. The molecule has 0 bridgehead atoms. The highest BCUT2D eigenvalue weighted by atomic mass is 32.2. The number of benzene rings is 3. The van der Waals surface area contributed by atoms with Crippen LogP contribution in [-0.2, 0) is 34.2 Å². The second-order valence-electron chi connectivity index (χ2n) is 6.22. The number of hydrogen-bond donors (Lipinski definition) is 0. The lowest BCUT2D eigenvalue weighted by atomic mass is 10.1. The summed E-state index contributed by atoms with van der Waals surface area (Å²) in [6.45, 7) is 0. The fraction of sp³-hybridized carbons (Fsp3) is 0.100. The zero-order chi connectivity index (χ0) is 22.9. The smallest absolute Gasteiger partial charge is 0.379 e. The molecule has 0 aliphatic heterocycles. The largest absolute Gasteiger partial charge is 0.416 e. The van der Waals surface area contributed by atoms with E-state index in [9.17, 15) is 34.8 Å². The summed E-state index contributed by atoms with van der Waals surface area (Å²) in [5.74, 6) is -0.252. The van der Waals surface area contributed by atoms with Crippen molar-refractivity contribution in [3.8, 4) is 5.75 Å². The molecule has 164 valence electrons. The first kappa shape index (κ1) is 23.0. The number of rotatable bonds is 5. The summed E-state index contributed by atoms with van der Waals surface area (Å²) in [7, 11) is -4.95. The molecule has 0 aliphatic carbocycles. The molecule has 31 heavy (non-hydrogen) atoms. The van der Waals surface area contributed by atoms with E-state index >= 15 is 0 Å². The van der Waals surface area contributed by atoms with Crippen molar-refractivity contribution >= 4 is 21.9 Å². The summed E-state index contributed by atoms with van der Waals surface area (Å²) in [5, 5.41) is 0. The van der Waals surface area contributed by atoms with Crippen LogP contribution in [0.25, 0.3) is 0 Å². The van der Waals surface area contributed by atoms with E-state index in [0.717, 1.165) is 21.6 Å². The lowest BCUT2D eigenvalue weighted by Crippen LogP contribution is -2.16. The fourth-order valence-corrected chi connectivity index (χ4v) is 4.39. The van der Waals surface area contributed by atoms with Gasteiger partial charge in [-0.2, -0.15) is 34.8 Å². The van der Waals surface area contributed by atoms with Crippen LogP contribution >= 0.6 is 0 Å². The number of thiol groups is 1. The van der Waals surface area contributed by atoms with Crippen LogP contribution in [0.1, 0.15) is 11.1 Å². The molecule has 0 heterocycles. The third-order valence-electron chi connectivity index (χ3n) is 3.91. The van der Waals surface area contributed by atoms with E-state index in [2.05, 4.69) is 0 Å². The topological polar surface area (TPSA) is 43.4 Å². The Hall–Kier alpha value is -2.66. The molecule has 0 N–H and O–H groups in total. The molecule has 3 aromatic rings. The first-order chi connectivity index (χ1) is 14.3. The molecular weight excluding hydrogens is 466 g/mol. The number of alkyl halides is 6. The lowest BCUT2D eigenvalue weighted by molar-refractivity contribution is -0.143. The first-order valence-electron chi connectivity index (χ1n) is 8.45. The standard InChI is InChI=1S/C20H12F6O3S2/c21-19(22,23)13-10-14(20(24,25)26)12-18(11-13)31(27,28)29-15-6-8-17(9-7-15)30-16-4-2-1-3-5-16/h1-12H/p+1. The molecule has 3 aromatic carbocycles. The van der Waals surface area contributed by atoms with Crippen molar-refractivity contribution in [2.75, 3.05) is 0 Å². The Morgan fingerprint density at radius 3 is 1.65 bits per heavy atom. The molecule has 0 amide bonds. The SMILES string of the molecule is O=S(=O)(Oc1ccc([SH+]c2ccccc2)cc1)c1cc(C(F)(F)F)cc(C(F)(F)F)c1. The molecule has 0 unspecified atom stereocenters. The molecule has 0 saturated heterocycles. The molecule has 0 fully saturated rings. The van der Waals surface area contributed by atoms with Gasteiger partial charge in [-0.15, -0.1) is 0 Å². The predicted molar refractivity (Wildman–Crippen MR) is 102 cm³/mol. The van der Waals surface area contributed by atoms with Crippen molar-refractivity contribution in [2.24, 2.45) is 0 Å². The summed E-state index contributed by atoms with van der Waals surface area (Å²) in [4.78, 5) is 0.489. The van der Waals surface area contributed by atoms with Crippen molar-refractivity contribution in [3.63, 3.8) is 0 Å². The minimum absolute atomic E-state index is 0.104. The first-order valence-corrected chi connectivity index (χ1v) is 10.8. The maximum absolute atomic E-state index is 13.0. The highest BCUT2D eigenvalue weighted by Gasteiger charge is 2.38. The van der Waals surface area contributed by atoms with Gasteiger partial charge in [0.1, 0.15) is 10.6 Å². The number of halogens is 6. The third kappa shape index (κ3) is 5.95. The van der Waals surface area contributed by atoms with Crippen molar-refractivity contribution in [1.29, 1.82) is 0 Å². The van der Waals surface area contributed by atoms with E-state index < -0.39 is 38.5 Å². The molecule has 0 aliphatic rings. The highest BCUT2D eigenvalue weighted by Crippen LogP contribution is 2.37. The summed E-state index contributed by atoms with van der Waals surface area (Å²) in [5.41, 5.74) is -3.50. The van der Waals surface area contributed by atoms with Gasteiger partial charge in [-0.1, -0.05) is 18.2 Å². The second kappa shape index (κ2) is 8.46. The van der Waals surface area contributed by atoms with E-state index in [1.807, 2.05) is 30.3 Å². The molecule has 0 saturated carbocycles. The molecule has 0 atom stereocenters. The van der Waals surface area contributed by atoms with Gasteiger partial charge in [-0.05, 0) is 54.6 Å². The number of hydrogen-bond acceptors (Lipinski definition) is 3. The van der Waals surface area contributed by atoms with Crippen LogP contribution in [0.5, 0.6) is 5.75 Å². The van der Waals surface area contributed by atoms with Gasteiger partial charge in [0.2, 0.25) is 0 Å². The minimum Gasteiger partial charge on any atom is -0.379 e. The third-order valence-corrected chi connectivity index (χ3v) is 6.24. The van der Waals surface area contributed by atoms with E-state index in [0.29, 0.717) is 0 Å². The molecule has 0 aromatic heterocycles. The Labute approximate surface area is 177 Å². The zero-order valence-electron chi connectivity index (χ0n) is 15.3. The monoisotopic (exact) mass is 479 g/mol. The minimum atomic E-state index is -5.18. The van der Waals surface area contributed by atoms with Crippen LogP contribution in [0, 0.1) is 0 Å². The maximum Gasteiger partial charge on any atom is 0.416 e. The van der Waals surface area contributed by atoms with E-state index in [1.165, 1.54) is 24.3 Å². The zero-order valence-corrected chi connectivity index (χ0v) is 17.0. The molecule has 3 rings (SSSR count). The average Bonchev–Trinajstić information content (AvgIpc) is 2.68. The van der Waals surface area contributed by atoms with Crippen LogP contribution < -0.4 is 4.18 Å². The molecule has 3 nitrogen and oxygen atoms in total. The molecule has 0 radical (unpaired) electrons. The Balaban J connectivity index is 1.88. The highest BCUT2D eigenvalue weighted by molar-refractivity contribution is 7.87. The van der Waals surface area contributed by atoms with E-state index in [1.54, 1.807) is 0 Å². The molecular formula is C20H13F6O3S2+. The van der Waals surface area contributed by atoms with Crippen molar-refractivity contribution in [2.45, 2.75) is 27.0 Å². The quantitative estimate of drug-likeness (QED) is 0.203. The van der Waals surface area contributed by atoms with E-state index in [4.69, 9.17) is 4.18 Å². The van der Waals surface area contributed by atoms with Gasteiger partial charge in [-0.3, -0.25) is 0 Å². The Kier molecular flexibility index (Phi) is 6.28. The summed E-state index contributed by atoms with van der Waals surface area (Å²) < 4.78 is 107. The van der Waals surface area contributed by atoms with Crippen molar-refractivity contribution < 1.29 is 38.9 Å². The van der Waals surface area contributed by atoms with Gasteiger partial charge in [0.15, 0.2) is 9.79 Å². The van der Waals surface area contributed by atoms with E-state index in [-0.39, 0.29) is 23.9 Å². The Bertz CT molecular complexity index is 1120. The summed E-state index contributed by atoms with van der Waals surface area (Å²) >= 11 is 0.814. The van der Waals surface area contributed by atoms with Gasteiger partial charge < -0.3 is 4.18 Å². The maximum atomic E-state index is 13.0. The summed E-state index contributed by atoms with van der Waals surface area (Å²) in [6, 6.07) is 14.9. The van der Waals surface area contributed by atoms with Crippen LogP contribution in [0.15, 0.2) is 87.5 Å². The summed E-state index contributed by atoms with van der Waals surface area (Å²) in [6.07, 6.45) is -10.4. The normalized spacial score (nSPS) is 12.6. The second-order valence-corrected chi connectivity index (χ2v) is 9.02. The lowest BCUT2D eigenvalue weighted by Gasteiger charge is -2.14. The van der Waals surface area contributed by atoms with Gasteiger partial charge in [0.05, 0.1) is 11.1 Å². The van der Waals surface area contributed by atoms with Crippen molar-refractivity contribution in [1.82, 2.24) is 0 Å². The van der Waals surface area contributed by atoms with Gasteiger partial charge in [0.25, 0.3) is 0 Å². The molecule has 0 spiro atoms. The fourth-order valence-electron chi connectivity index (χ4n) is 2.47. The van der Waals surface area contributed by atoms with Crippen LogP contribution in [0.4, 0.5) is 26.3 Å². The van der Waals surface area contributed by atoms with Crippen LogP contribution in [-0.4, -0.2) is 8.42 Å². The van der Waals surface area contributed by atoms with Gasteiger partial charge >= 0.3 is 22.5 Å². The Morgan fingerprint density at radius 2 is 1.16 bits per heavy atom. The van der Waals surface area contributed by atoms with Gasteiger partial charge in [-0.25, -0.2) is 0 Å². The van der Waals surface area contributed by atoms with Crippen LogP contribution in [0.2, 0.25) is 0 Å². The van der Waals surface area contributed by atoms with Gasteiger partial charge in [0, 0.05) is 11.8 Å². The van der Waals surface area contributed by atoms with Crippen LogP contribution in [0.3, 0.4) is 0 Å².